The second-order valence-corrected chi connectivity index (χ2v) is 12.9. The van der Waals surface area contributed by atoms with E-state index in [1.807, 2.05) is 24.3 Å². The van der Waals surface area contributed by atoms with Crippen molar-refractivity contribution in [2.45, 2.75) is 50.7 Å². The normalized spacial score (nSPS) is 15.2. The van der Waals surface area contributed by atoms with E-state index in [-0.39, 0.29) is 6.04 Å². The molecule has 5 nitrogen and oxygen atoms in total. The average Bonchev–Trinajstić information content (AvgIpc) is 3.27. The van der Waals surface area contributed by atoms with Crippen LogP contribution in [0, 0.1) is 0 Å². The highest BCUT2D eigenvalue weighted by Crippen LogP contribution is 2.39. The number of fused-ring (bicyclic) bond motifs is 2. The Hall–Kier alpha value is -4.71. The summed E-state index contributed by atoms with van der Waals surface area (Å²) in [5, 5.41) is 9.32. The minimum atomic E-state index is -0.961. The molecule has 1 aliphatic rings. The Morgan fingerprint density at radius 1 is 0.771 bits per heavy atom. The predicted molar refractivity (Wildman–Crippen MR) is 192 cm³/mol. The highest BCUT2D eigenvalue weighted by Gasteiger charge is 2.28. The number of hydrogen-bond acceptors (Lipinski definition) is 4. The Morgan fingerprint density at radius 3 is 2.17 bits per heavy atom. The van der Waals surface area contributed by atoms with Crippen LogP contribution in [0.25, 0.3) is 0 Å². The van der Waals surface area contributed by atoms with Gasteiger partial charge in [0, 0.05) is 26.0 Å². The van der Waals surface area contributed by atoms with Gasteiger partial charge in [0.1, 0.15) is 12.4 Å². The molecule has 0 radical (unpaired) electrons. The molecule has 5 heteroatoms. The van der Waals surface area contributed by atoms with E-state index in [2.05, 4.69) is 116 Å². The molecule has 0 heterocycles. The lowest BCUT2D eigenvalue weighted by molar-refractivity contribution is -0.148. The number of aliphatic carboxylic acids is 1. The van der Waals surface area contributed by atoms with E-state index < -0.39 is 12.1 Å². The number of nitrogens with zero attached hydrogens (tertiary/aromatic N) is 1. The SMILES string of the molecule is COC(Cc1ccc(OCCN(C)C2c3ccc(Cc4ccccc4)cc3CCc3ccc(C(C)c4ccccc4)cc32)cc1)C(=O)O. The van der Waals surface area contributed by atoms with Crippen molar-refractivity contribution in [3.05, 3.63) is 171 Å². The number of likely N-dealkylation sites (N-methyl/N-ethyl adjacent to an activating group) is 1. The van der Waals surface area contributed by atoms with Gasteiger partial charge in [-0.25, -0.2) is 4.79 Å². The van der Waals surface area contributed by atoms with Crippen LogP contribution in [-0.2, 0) is 35.2 Å². The largest absolute Gasteiger partial charge is 0.492 e. The zero-order valence-electron chi connectivity index (χ0n) is 28.1. The van der Waals surface area contributed by atoms with Crippen LogP contribution in [0.4, 0.5) is 0 Å². The summed E-state index contributed by atoms with van der Waals surface area (Å²) in [7, 11) is 3.63. The highest BCUT2D eigenvalue weighted by atomic mass is 16.5. The van der Waals surface area contributed by atoms with Gasteiger partial charge in [0.05, 0.1) is 6.04 Å². The van der Waals surface area contributed by atoms with Crippen molar-refractivity contribution in [3.63, 3.8) is 0 Å². The molecule has 0 aliphatic heterocycles. The first-order chi connectivity index (χ1) is 23.4. The van der Waals surface area contributed by atoms with Gasteiger partial charge in [-0.05, 0) is 88.5 Å². The molecule has 3 atom stereocenters. The Bertz CT molecular complexity index is 1800. The van der Waals surface area contributed by atoms with E-state index in [9.17, 15) is 9.90 Å². The standard InChI is InChI=1S/C43H45NO4/c1-30(34-12-8-5-9-13-34)36-19-17-35-18-20-37-27-33(26-31-10-6-4-7-11-31)16-23-39(37)42(40(35)29-36)44(2)24-25-48-38-21-14-32(15-22-38)28-41(47-3)43(45)46/h4-17,19,21-23,27,29-30,41-42H,18,20,24-26,28H2,1-3H3,(H,45,46). The monoisotopic (exact) mass is 639 g/mol. The maximum atomic E-state index is 11.4. The van der Waals surface area contributed by atoms with Crippen molar-refractivity contribution >= 4 is 5.97 Å². The molecule has 48 heavy (non-hydrogen) atoms. The maximum absolute atomic E-state index is 11.4. The quantitative estimate of drug-likeness (QED) is 0.141. The van der Waals surface area contributed by atoms with E-state index in [0.29, 0.717) is 18.9 Å². The fourth-order valence-electron chi connectivity index (χ4n) is 6.94. The first kappa shape index (κ1) is 33.2. The summed E-state index contributed by atoms with van der Waals surface area (Å²) in [6.07, 6.45) is 2.40. The number of carboxylic acid groups (broad SMARTS) is 1. The highest BCUT2D eigenvalue weighted by molar-refractivity contribution is 5.72. The first-order valence-electron chi connectivity index (χ1n) is 16.9. The van der Waals surface area contributed by atoms with Gasteiger partial charge < -0.3 is 14.6 Å². The Kier molecular flexibility index (Phi) is 10.7. The summed E-state index contributed by atoms with van der Waals surface area (Å²) in [4.78, 5) is 13.8. The van der Waals surface area contributed by atoms with Gasteiger partial charge in [-0.1, -0.05) is 116 Å². The second-order valence-electron chi connectivity index (χ2n) is 12.9. The van der Waals surface area contributed by atoms with E-state index in [1.165, 1.54) is 51.6 Å². The molecule has 0 fully saturated rings. The van der Waals surface area contributed by atoms with Crippen molar-refractivity contribution in [1.82, 2.24) is 4.90 Å². The first-order valence-corrected chi connectivity index (χ1v) is 16.9. The molecule has 0 spiro atoms. The van der Waals surface area contributed by atoms with E-state index in [0.717, 1.165) is 37.1 Å². The molecule has 3 unspecified atom stereocenters. The van der Waals surface area contributed by atoms with E-state index in [4.69, 9.17) is 9.47 Å². The number of benzene rings is 5. The molecule has 0 amide bonds. The van der Waals surface area contributed by atoms with Gasteiger partial charge in [-0.15, -0.1) is 0 Å². The minimum absolute atomic E-state index is 0.0965. The maximum Gasteiger partial charge on any atom is 0.333 e. The number of rotatable bonds is 13. The third-order valence-electron chi connectivity index (χ3n) is 9.74. The van der Waals surface area contributed by atoms with Gasteiger partial charge in [-0.2, -0.15) is 0 Å². The van der Waals surface area contributed by atoms with E-state index >= 15 is 0 Å². The number of hydrogen-bond donors (Lipinski definition) is 1. The van der Waals surface area contributed by atoms with E-state index in [1.54, 1.807) is 0 Å². The van der Waals surface area contributed by atoms with Crippen LogP contribution in [0.15, 0.2) is 121 Å². The molecule has 0 aromatic heterocycles. The number of carbonyl (C=O) groups is 1. The zero-order chi connectivity index (χ0) is 33.5. The zero-order valence-corrected chi connectivity index (χ0v) is 28.1. The van der Waals surface area contributed by atoms with Gasteiger partial charge in [-0.3, -0.25) is 4.90 Å². The fourth-order valence-corrected chi connectivity index (χ4v) is 6.94. The van der Waals surface area contributed by atoms with Crippen LogP contribution in [-0.4, -0.2) is 49.4 Å². The molecule has 1 N–H and O–H groups in total. The molecule has 5 aromatic carbocycles. The lowest BCUT2D eigenvalue weighted by Gasteiger charge is -2.31. The summed E-state index contributed by atoms with van der Waals surface area (Å²) >= 11 is 0. The summed E-state index contributed by atoms with van der Waals surface area (Å²) in [5.41, 5.74) is 11.8. The molecule has 0 saturated carbocycles. The number of ether oxygens (including phenoxy) is 2. The molecular weight excluding hydrogens is 594 g/mol. The molecule has 246 valence electrons. The number of aryl methyl sites for hydroxylation is 2. The lowest BCUT2D eigenvalue weighted by atomic mass is 9.87. The third-order valence-corrected chi connectivity index (χ3v) is 9.74. The van der Waals surface area contributed by atoms with Crippen LogP contribution in [0.2, 0.25) is 0 Å². The minimum Gasteiger partial charge on any atom is -0.492 e. The van der Waals surface area contributed by atoms with Gasteiger partial charge in [0.15, 0.2) is 6.10 Å². The lowest BCUT2D eigenvalue weighted by Crippen LogP contribution is -2.30. The Labute approximate surface area is 284 Å². The van der Waals surface area contributed by atoms with Crippen molar-refractivity contribution in [3.8, 4) is 5.75 Å². The van der Waals surface area contributed by atoms with Crippen LogP contribution >= 0.6 is 0 Å². The molecular formula is C43H45NO4. The summed E-state index contributed by atoms with van der Waals surface area (Å²) in [6.45, 7) is 3.56. The topological polar surface area (TPSA) is 59.0 Å². The summed E-state index contributed by atoms with van der Waals surface area (Å²) in [5.74, 6) is 0.0959. The third kappa shape index (κ3) is 7.87. The molecule has 6 rings (SSSR count). The molecule has 5 aromatic rings. The summed E-state index contributed by atoms with van der Waals surface area (Å²) < 4.78 is 11.3. The number of methoxy groups -OCH3 is 1. The molecule has 0 bridgehead atoms. The van der Waals surface area contributed by atoms with Crippen LogP contribution in [0.3, 0.4) is 0 Å². The predicted octanol–water partition coefficient (Wildman–Crippen LogP) is 8.27. The van der Waals surface area contributed by atoms with Crippen molar-refractivity contribution < 1.29 is 19.4 Å². The van der Waals surface area contributed by atoms with Gasteiger partial charge in [0.25, 0.3) is 0 Å². The smallest absolute Gasteiger partial charge is 0.333 e. The second kappa shape index (κ2) is 15.5. The van der Waals surface area contributed by atoms with Crippen molar-refractivity contribution in [2.75, 3.05) is 27.3 Å². The fraction of sp³-hybridized carbons (Fsp3) is 0.279. The summed E-state index contributed by atoms with van der Waals surface area (Å²) in [6, 6.07) is 43.4. The molecule has 1 aliphatic carbocycles. The van der Waals surface area contributed by atoms with Gasteiger partial charge >= 0.3 is 5.97 Å². The van der Waals surface area contributed by atoms with Crippen LogP contribution in [0.1, 0.15) is 69.0 Å². The van der Waals surface area contributed by atoms with Gasteiger partial charge in [0.2, 0.25) is 0 Å². The number of carboxylic acids is 1. The van der Waals surface area contributed by atoms with Crippen molar-refractivity contribution in [2.24, 2.45) is 0 Å². The van der Waals surface area contributed by atoms with Crippen LogP contribution < -0.4 is 4.74 Å². The Morgan fingerprint density at radius 2 is 1.46 bits per heavy atom. The average molecular weight is 640 g/mol. The van der Waals surface area contributed by atoms with Crippen molar-refractivity contribution in [1.29, 1.82) is 0 Å². The van der Waals surface area contributed by atoms with Crippen LogP contribution in [0.5, 0.6) is 5.75 Å². The Balaban J connectivity index is 1.25. The molecule has 0 saturated heterocycles.